The van der Waals surface area contributed by atoms with Gasteiger partial charge in [-0.1, -0.05) is 35.1 Å². The zero-order chi connectivity index (χ0) is 19.5. The molecule has 28 heavy (non-hydrogen) atoms. The van der Waals surface area contributed by atoms with Crippen LogP contribution in [0.3, 0.4) is 0 Å². The van der Waals surface area contributed by atoms with E-state index in [1.165, 1.54) is 0 Å². The maximum absolute atomic E-state index is 12.4. The van der Waals surface area contributed by atoms with Crippen LogP contribution in [0.1, 0.15) is 12.1 Å². The van der Waals surface area contributed by atoms with E-state index in [0.717, 1.165) is 25.9 Å². The number of benzene rings is 2. The van der Waals surface area contributed by atoms with E-state index in [-0.39, 0.29) is 5.91 Å². The summed E-state index contributed by atoms with van der Waals surface area (Å²) in [6.45, 7) is 1.90. The first kappa shape index (κ1) is 19.0. The fourth-order valence-electron chi connectivity index (χ4n) is 2.68. The summed E-state index contributed by atoms with van der Waals surface area (Å²) in [5.74, 6) is 1.27. The van der Waals surface area contributed by atoms with Crippen LogP contribution in [0.4, 0.5) is 5.82 Å². The van der Waals surface area contributed by atoms with Gasteiger partial charge in [-0.3, -0.25) is 4.79 Å². The van der Waals surface area contributed by atoms with Crippen LogP contribution >= 0.6 is 34.7 Å². The van der Waals surface area contributed by atoms with Gasteiger partial charge in [0.2, 0.25) is 11.0 Å². The first-order valence-corrected chi connectivity index (χ1v) is 10.9. The Morgan fingerprint density at radius 2 is 2.00 bits per heavy atom. The normalized spacial score (nSPS) is 11.1. The molecule has 0 spiro atoms. The minimum absolute atomic E-state index is 0.0521. The van der Waals surface area contributed by atoms with E-state index in [1.54, 1.807) is 27.8 Å². The van der Waals surface area contributed by atoms with Crippen molar-refractivity contribution in [1.29, 1.82) is 0 Å². The van der Waals surface area contributed by atoms with Crippen molar-refractivity contribution >= 4 is 56.6 Å². The lowest BCUT2D eigenvalue weighted by atomic mass is 10.3. The summed E-state index contributed by atoms with van der Waals surface area (Å²) in [6, 6.07) is 17.4. The van der Waals surface area contributed by atoms with Gasteiger partial charge in [-0.25, -0.2) is 4.98 Å². The monoisotopic (exact) mass is 428 g/mol. The molecule has 8 heteroatoms. The Balaban J connectivity index is 1.43. The molecule has 0 bridgehead atoms. The number of thiazole rings is 1. The molecule has 0 saturated heterocycles. The van der Waals surface area contributed by atoms with Gasteiger partial charge in [0.1, 0.15) is 5.82 Å². The Morgan fingerprint density at radius 1 is 1.21 bits per heavy atom. The number of nitrogens with one attached hydrogen (secondary N) is 1. The summed E-state index contributed by atoms with van der Waals surface area (Å²) in [6.07, 6.45) is 0.400. The summed E-state index contributed by atoms with van der Waals surface area (Å²) in [7, 11) is 0. The Labute approximate surface area is 175 Å². The van der Waals surface area contributed by atoms with Crippen LogP contribution in [0, 0.1) is 6.92 Å². The minimum Gasteiger partial charge on any atom is -0.310 e. The number of hydrogen-bond donors (Lipinski definition) is 1. The van der Waals surface area contributed by atoms with Crippen LogP contribution < -0.4 is 5.32 Å². The molecule has 1 amide bonds. The Bertz CT molecular complexity index is 1090. The molecule has 0 aliphatic carbocycles. The molecular formula is C20H17ClN4OS2. The van der Waals surface area contributed by atoms with E-state index in [2.05, 4.69) is 15.4 Å². The number of amides is 1. The van der Waals surface area contributed by atoms with Crippen molar-refractivity contribution in [3.63, 3.8) is 0 Å². The van der Waals surface area contributed by atoms with Crippen molar-refractivity contribution in [1.82, 2.24) is 14.8 Å². The predicted octanol–water partition coefficient (Wildman–Crippen LogP) is 5.56. The van der Waals surface area contributed by atoms with Crippen LogP contribution in [-0.4, -0.2) is 26.4 Å². The molecule has 0 atom stereocenters. The molecule has 0 aliphatic heterocycles. The van der Waals surface area contributed by atoms with E-state index >= 15 is 0 Å². The molecule has 2 aromatic heterocycles. The topological polar surface area (TPSA) is 59.8 Å². The van der Waals surface area contributed by atoms with Gasteiger partial charge in [0.25, 0.3) is 0 Å². The molecule has 4 rings (SSSR count). The number of carbonyl (C=O) groups is 1. The molecule has 4 aromatic rings. The molecule has 0 saturated carbocycles. The molecule has 0 unspecified atom stereocenters. The summed E-state index contributed by atoms with van der Waals surface area (Å²) in [4.78, 5) is 18.1. The van der Waals surface area contributed by atoms with Crippen molar-refractivity contribution in [3.05, 3.63) is 65.3 Å². The number of halogens is 1. The second-order valence-corrected chi connectivity index (χ2v) is 8.76. The van der Waals surface area contributed by atoms with Crippen molar-refractivity contribution in [2.24, 2.45) is 0 Å². The minimum atomic E-state index is -0.0521. The van der Waals surface area contributed by atoms with Crippen LogP contribution in [0.15, 0.2) is 59.5 Å². The van der Waals surface area contributed by atoms with Crippen molar-refractivity contribution in [3.8, 4) is 5.13 Å². The van der Waals surface area contributed by atoms with Gasteiger partial charge < -0.3 is 5.32 Å². The highest BCUT2D eigenvalue weighted by molar-refractivity contribution is 7.99. The number of thioether (sulfide) groups is 1. The van der Waals surface area contributed by atoms with Crippen LogP contribution in [0.2, 0.25) is 5.02 Å². The average Bonchev–Trinajstić information content (AvgIpc) is 3.26. The second-order valence-electron chi connectivity index (χ2n) is 6.15. The number of aromatic nitrogens is 3. The zero-order valence-electron chi connectivity index (χ0n) is 15.1. The molecule has 0 aliphatic rings. The van der Waals surface area contributed by atoms with Crippen molar-refractivity contribution in [2.75, 3.05) is 11.1 Å². The Morgan fingerprint density at radius 3 is 2.79 bits per heavy atom. The quantitative estimate of drug-likeness (QED) is 0.408. The highest BCUT2D eigenvalue weighted by Crippen LogP contribution is 2.27. The van der Waals surface area contributed by atoms with Gasteiger partial charge in [0.15, 0.2) is 0 Å². The fraction of sp³-hybridized carbons (Fsp3) is 0.150. The third-order valence-corrected chi connectivity index (χ3v) is 6.25. The Hall–Kier alpha value is -2.35. The van der Waals surface area contributed by atoms with Crippen molar-refractivity contribution < 1.29 is 4.79 Å². The summed E-state index contributed by atoms with van der Waals surface area (Å²) >= 11 is 9.06. The first-order valence-electron chi connectivity index (χ1n) is 8.69. The lowest BCUT2D eigenvalue weighted by Gasteiger charge is -2.06. The lowest BCUT2D eigenvalue weighted by molar-refractivity contribution is -0.115. The number of rotatable bonds is 6. The smallest absolute Gasteiger partial charge is 0.226 e. The van der Waals surface area contributed by atoms with Gasteiger partial charge in [0.05, 0.1) is 15.9 Å². The lowest BCUT2D eigenvalue weighted by Crippen LogP contribution is -2.15. The Kier molecular flexibility index (Phi) is 5.66. The third kappa shape index (κ3) is 4.38. The first-order chi connectivity index (χ1) is 13.6. The number of anilines is 1. The highest BCUT2D eigenvalue weighted by Gasteiger charge is 2.14. The molecule has 142 valence electrons. The molecule has 2 aromatic carbocycles. The molecule has 0 radical (unpaired) electrons. The van der Waals surface area contributed by atoms with Gasteiger partial charge in [-0.05, 0) is 43.3 Å². The predicted molar refractivity (Wildman–Crippen MR) is 117 cm³/mol. The highest BCUT2D eigenvalue weighted by atomic mass is 35.5. The van der Waals surface area contributed by atoms with Crippen LogP contribution in [-0.2, 0) is 4.79 Å². The van der Waals surface area contributed by atoms with E-state index in [9.17, 15) is 4.79 Å². The molecule has 1 N–H and O–H groups in total. The summed E-state index contributed by atoms with van der Waals surface area (Å²) in [5.41, 5.74) is 1.75. The van der Waals surface area contributed by atoms with E-state index < -0.39 is 0 Å². The van der Waals surface area contributed by atoms with Gasteiger partial charge in [-0.15, -0.1) is 11.8 Å². The number of hydrogen-bond acceptors (Lipinski definition) is 5. The molecule has 5 nitrogen and oxygen atoms in total. The standard InChI is InChI=1S/C20H17ClN4OS2/c1-13-12-18(23-19(26)10-11-27-15-8-6-14(21)7-9-15)25(24-13)20-22-16-4-2-3-5-17(16)28-20/h2-9,12H,10-11H2,1H3,(H,23,26). The molecule has 2 heterocycles. The van der Waals surface area contributed by atoms with E-state index in [4.69, 9.17) is 11.6 Å². The van der Waals surface area contributed by atoms with Gasteiger partial charge >= 0.3 is 0 Å². The number of aryl methyl sites for hydroxylation is 1. The fourth-order valence-corrected chi connectivity index (χ4v) is 4.59. The average molecular weight is 429 g/mol. The van der Waals surface area contributed by atoms with Crippen LogP contribution in [0.25, 0.3) is 15.3 Å². The molecular weight excluding hydrogens is 412 g/mol. The summed E-state index contributed by atoms with van der Waals surface area (Å²) in [5, 5.41) is 8.91. The molecule has 0 fully saturated rings. The SMILES string of the molecule is Cc1cc(NC(=O)CCSc2ccc(Cl)cc2)n(-c2nc3ccccc3s2)n1. The number of fused-ring (bicyclic) bond motifs is 1. The maximum Gasteiger partial charge on any atom is 0.226 e. The largest absolute Gasteiger partial charge is 0.310 e. The summed E-state index contributed by atoms with van der Waals surface area (Å²) < 4.78 is 2.78. The zero-order valence-corrected chi connectivity index (χ0v) is 17.4. The van der Waals surface area contributed by atoms with Gasteiger partial charge in [0, 0.05) is 28.2 Å². The third-order valence-electron chi connectivity index (χ3n) is 3.97. The van der Waals surface area contributed by atoms with Gasteiger partial charge in [-0.2, -0.15) is 9.78 Å². The van der Waals surface area contributed by atoms with Crippen molar-refractivity contribution in [2.45, 2.75) is 18.2 Å². The number of nitrogens with zero attached hydrogens (tertiary/aromatic N) is 3. The van der Waals surface area contributed by atoms with E-state index in [0.29, 0.717) is 23.0 Å². The number of carbonyl (C=O) groups excluding carboxylic acids is 1. The van der Waals surface area contributed by atoms with Crippen LogP contribution in [0.5, 0.6) is 0 Å². The number of para-hydroxylation sites is 1. The second kappa shape index (κ2) is 8.34. The van der Waals surface area contributed by atoms with E-state index in [1.807, 2.05) is 61.5 Å². The maximum atomic E-state index is 12.4.